The van der Waals surface area contributed by atoms with Gasteiger partial charge in [0, 0.05) is 21.6 Å². The molecule has 4 rings (SSSR count). The molecule has 0 saturated heterocycles. The number of hydrogen-bond acceptors (Lipinski definition) is 4. The normalized spacial score (nSPS) is 12.3. The molecule has 0 radical (unpaired) electrons. The maximum absolute atomic E-state index is 13.4. The average molecular weight is 469 g/mol. The minimum absolute atomic E-state index is 0.187. The number of ether oxygens (including phenoxy) is 1. The van der Waals surface area contributed by atoms with Crippen LogP contribution in [0.15, 0.2) is 41.3 Å². The molecule has 0 aliphatic carbocycles. The summed E-state index contributed by atoms with van der Waals surface area (Å²) in [6.45, 7) is 11.9. The lowest BCUT2D eigenvalue weighted by atomic mass is 9.96. The Bertz CT molecular complexity index is 1280. The van der Waals surface area contributed by atoms with Crippen molar-refractivity contribution in [3.05, 3.63) is 52.4 Å². The predicted molar refractivity (Wildman–Crippen MR) is 122 cm³/mol. The minimum atomic E-state index is -0.607. The second kappa shape index (κ2) is 7.23. The first-order chi connectivity index (χ1) is 14.1. The van der Waals surface area contributed by atoms with Crippen LogP contribution in [-0.2, 0) is 4.74 Å². The first kappa shape index (κ1) is 20.6. The Kier molecular flexibility index (Phi) is 4.97. The highest BCUT2D eigenvalue weighted by Gasteiger charge is 2.28. The number of pyridine rings is 1. The fraction of sp³-hybridized carbons (Fsp3) is 0.348. The van der Waals surface area contributed by atoms with E-state index in [9.17, 15) is 4.79 Å². The van der Waals surface area contributed by atoms with Crippen LogP contribution in [-0.4, -0.2) is 30.9 Å². The maximum Gasteiger partial charge on any atom is 0.419 e. The van der Waals surface area contributed by atoms with Gasteiger partial charge >= 0.3 is 6.09 Å². The van der Waals surface area contributed by atoms with Gasteiger partial charge in [-0.2, -0.15) is 5.10 Å². The quantitative estimate of drug-likeness (QED) is 0.344. The SMILES string of the molecule is Cc1cc(-c2c(C(C)C)c3cc(Br)ccc3n2C(=O)OC(C)(C)C)cn2ncnc12. The highest BCUT2D eigenvalue weighted by molar-refractivity contribution is 9.10. The van der Waals surface area contributed by atoms with Gasteiger partial charge in [0.25, 0.3) is 0 Å². The summed E-state index contributed by atoms with van der Waals surface area (Å²) in [5, 5.41) is 5.34. The van der Waals surface area contributed by atoms with Crippen molar-refractivity contribution in [1.82, 2.24) is 19.2 Å². The average Bonchev–Trinajstić information content (AvgIpc) is 3.22. The molecule has 0 saturated carbocycles. The van der Waals surface area contributed by atoms with Crippen LogP contribution in [0.3, 0.4) is 0 Å². The number of carbonyl (C=O) groups excluding carboxylic acids is 1. The van der Waals surface area contributed by atoms with Gasteiger partial charge in [0.05, 0.1) is 11.2 Å². The minimum Gasteiger partial charge on any atom is -0.443 e. The zero-order valence-corrected chi connectivity index (χ0v) is 19.6. The molecule has 156 valence electrons. The number of nitrogens with zero attached hydrogens (tertiary/aromatic N) is 4. The van der Waals surface area contributed by atoms with E-state index in [0.717, 1.165) is 43.4 Å². The number of halogens is 1. The molecule has 0 bridgehead atoms. The van der Waals surface area contributed by atoms with E-state index in [4.69, 9.17) is 4.74 Å². The summed E-state index contributed by atoms with van der Waals surface area (Å²) in [4.78, 5) is 17.7. The number of hydrogen-bond donors (Lipinski definition) is 0. The summed E-state index contributed by atoms with van der Waals surface area (Å²) in [7, 11) is 0. The predicted octanol–water partition coefficient (Wildman–Crippen LogP) is 6.33. The summed E-state index contributed by atoms with van der Waals surface area (Å²) in [6, 6.07) is 8.03. The molecule has 0 amide bonds. The van der Waals surface area contributed by atoms with Crippen molar-refractivity contribution in [2.24, 2.45) is 0 Å². The second-order valence-electron chi connectivity index (χ2n) is 8.83. The number of aromatic nitrogens is 4. The van der Waals surface area contributed by atoms with Crippen molar-refractivity contribution in [2.75, 3.05) is 0 Å². The Morgan fingerprint density at radius 2 is 1.93 bits per heavy atom. The zero-order chi connectivity index (χ0) is 21.8. The molecule has 1 aromatic carbocycles. The van der Waals surface area contributed by atoms with Gasteiger partial charge in [0.15, 0.2) is 5.65 Å². The molecular weight excluding hydrogens is 444 g/mol. The van der Waals surface area contributed by atoms with Crippen molar-refractivity contribution < 1.29 is 9.53 Å². The standard InChI is InChI=1S/C23H25BrN4O2/c1-13(2)19-17-10-16(24)7-8-18(17)28(22(29)30-23(4,5)6)20(19)15-9-14(3)21-25-12-26-27(21)11-15/h7-13H,1-6H3. The lowest BCUT2D eigenvalue weighted by Gasteiger charge is -2.21. The van der Waals surface area contributed by atoms with Crippen molar-refractivity contribution in [2.45, 2.75) is 53.1 Å². The van der Waals surface area contributed by atoms with Crippen molar-refractivity contribution in [3.8, 4) is 11.3 Å². The van der Waals surface area contributed by atoms with E-state index >= 15 is 0 Å². The van der Waals surface area contributed by atoms with Gasteiger partial charge < -0.3 is 4.74 Å². The lowest BCUT2D eigenvalue weighted by Crippen LogP contribution is -2.27. The van der Waals surface area contributed by atoms with Crippen LogP contribution in [0.2, 0.25) is 0 Å². The van der Waals surface area contributed by atoms with Gasteiger partial charge in [0.2, 0.25) is 0 Å². The van der Waals surface area contributed by atoms with E-state index in [1.165, 1.54) is 6.33 Å². The molecule has 0 aliphatic heterocycles. The number of fused-ring (bicyclic) bond motifs is 2. The zero-order valence-electron chi connectivity index (χ0n) is 18.0. The number of rotatable bonds is 2. The van der Waals surface area contributed by atoms with Gasteiger partial charge in [-0.25, -0.2) is 18.9 Å². The molecule has 30 heavy (non-hydrogen) atoms. The van der Waals surface area contributed by atoms with Crippen molar-refractivity contribution >= 4 is 38.6 Å². The van der Waals surface area contributed by atoms with Crippen molar-refractivity contribution in [3.63, 3.8) is 0 Å². The van der Waals surface area contributed by atoms with Crippen LogP contribution in [0, 0.1) is 6.92 Å². The van der Waals surface area contributed by atoms with Gasteiger partial charge in [-0.1, -0.05) is 29.8 Å². The molecule has 0 aliphatic rings. The summed E-state index contributed by atoms with van der Waals surface area (Å²) >= 11 is 3.58. The van der Waals surface area contributed by atoms with Gasteiger partial charge in [0.1, 0.15) is 11.9 Å². The van der Waals surface area contributed by atoms with E-state index in [1.807, 2.05) is 46.0 Å². The molecule has 7 heteroatoms. The third-order valence-corrected chi connectivity index (χ3v) is 5.45. The Balaban J connectivity index is 2.11. The van der Waals surface area contributed by atoms with Crippen LogP contribution < -0.4 is 0 Å². The van der Waals surface area contributed by atoms with Crippen LogP contribution in [0.4, 0.5) is 4.79 Å². The molecule has 0 spiro atoms. The summed E-state index contributed by atoms with van der Waals surface area (Å²) < 4.78 is 10.2. The topological polar surface area (TPSA) is 61.4 Å². The summed E-state index contributed by atoms with van der Waals surface area (Å²) in [5.74, 6) is 0.187. The first-order valence-electron chi connectivity index (χ1n) is 9.94. The molecule has 6 nitrogen and oxygen atoms in total. The number of aryl methyl sites for hydroxylation is 1. The lowest BCUT2D eigenvalue weighted by molar-refractivity contribution is 0.0547. The largest absolute Gasteiger partial charge is 0.443 e. The van der Waals surface area contributed by atoms with Crippen LogP contribution >= 0.6 is 15.9 Å². The fourth-order valence-electron chi connectivity index (χ4n) is 3.88. The van der Waals surface area contributed by atoms with E-state index < -0.39 is 11.7 Å². The van der Waals surface area contributed by atoms with Crippen LogP contribution in [0.5, 0.6) is 0 Å². The van der Waals surface area contributed by atoms with E-state index in [-0.39, 0.29) is 5.92 Å². The first-order valence-corrected chi connectivity index (χ1v) is 10.7. The monoisotopic (exact) mass is 468 g/mol. The van der Waals surface area contributed by atoms with Crippen LogP contribution in [0.1, 0.15) is 51.7 Å². The summed E-state index contributed by atoms with van der Waals surface area (Å²) in [6.07, 6.45) is 3.06. The Labute approximate surface area is 184 Å². The summed E-state index contributed by atoms with van der Waals surface area (Å²) in [5.41, 5.74) is 4.82. The van der Waals surface area contributed by atoms with E-state index in [0.29, 0.717) is 0 Å². The van der Waals surface area contributed by atoms with Crippen molar-refractivity contribution in [1.29, 1.82) is 0 Å². The highest BCUT2D eigenvalue weighted by Crippen LogP contribution is 2.40. The highest BCUT2D eigenvalue weighted by atomic mass is 79.9. The number of carbonyl (C=O) groups is 1. The Morgan fingerprint density at radius 3 is 2.60 bits per heavy atom. The van der Waals surface area contributed by atoms with Gasteiger partial charge in [-0.15, -0.1) is 0 Å². The molecule has 0 fully saturated rings. The smallest absolute Gasteiger partial charge is 0.419 e. The van der Waals surface area contributed by atoms with E-state index in [1.54, 1.807) is 9.08 Å². The molecule has 3 heterocycles. The molecule has 0 N–H and O–H groups in total. The third-order valence-electron chi connectivity index (χ3n) is 4.95. The Hall–Kier alpha value is -2.67. The van der Waals surface area contributed by atoms with E-state index in [2.05, 4.69) is 52.0 Å². The fourth-order valence-corrected chi connectivity index (χ4v) is 4.24. The molecular formula is C23H25BrN4O2. The number of benzene rings is 1. The third kappa shape index (κ3) is 3.51. The molecule has 0 atom stereocenters. The molecule has 4 aromatic rings. The van der Waals surface area contributed by atoms with Gasteiger partial charge in [-0.05, 0) is 69.0 Å². The Morgan fingerprint density at radius 1 is 1.20 bits per heavy atom. The molecule has 0 unspecified atom stereocenters. The maximum atomic E-state index is 13.4. The molecule has 3 aromatic heterocycles. The van der Waals surface area contributed by atoms with Crippen LogP contribution in [0.25, 0.3) is 27.8 Å². The van der Waals surface area contributed by atoms with Gasteiger partial charge in [-0.3, -0.25) is 0 Å². The second-order valence-corrected chi connectivity index (χ2v) is 9.75.